The Kier molecular flexibility index (Phi) is 8.04. The maximum absolute atomic E-state index is 13.6. The molecule has 0 unspecified atom stereocenters. The number of morpholine rings is 1. The number of alkyl halides is 1. The second-order valence-electron chi connectivity index (χ2n) is 10.2. The van der Waals surface area contributed by atoms with Crippen LogP contribution in [0.15, 0.2) is 24.3 Å². The van der Waals surface area contributed by atoms with Crippen LogP contribution in [-0.4, -0.2) is 96.4 Å². The molecule has 1 aromatic carbocycles. The first-order valence-electron chi connectivity index (χ1n) is 13.4. The molecule has 11 heteroatoms. The van der Waals surface area contributed by atoms with E-state index in [2.05, 4.69) is 27.4 Å². The van der Waals surface area contributed by atoms with Crippen LogP contribution in [0.4, 0.5) is 20.7 Å². The Balaban J connectivity index is 1.40. The minimum absolute atomic E-state index is 0.0277. The van der Waals surface area contributed by atoms with Crippen molar-refractivity contribution in [3.63, 3.8) is 0 Å². The van der Waals surface area contributed by atoms with Crippen LogP contribution in [0.2, 0.25) is 0 Å². The summed E-state index contributed by atoms with van der Waals surface area (Å²) in [6.07, 6.45) is 0.241. The van der Waals surface area contributed by atoms with E-state index < -0.39 is 6.17 Å². The number of nitrogens with one attached hydrogen (secondary N) is 2. The number of fused-ring (bicyclic) bond motifs is 1. The Morgan fingerprint density at radius 3 is 2.68 bits per heavy atom. The van der Waals surface area contributed by atoms with Gasteiger partial charge in [-0.15, -0.1) is 0 Å². The number of aromatic nitrogens is 2. The van der Waals surface area contributed by atoms with Crippen LogP contribution in [0.3, 0.4) is 0 Å². The third-order valence-electron chi connectivity index (χ3n) is 7.34. The van der Waals surface area contributed by atoms with Crippen molar-refractivity contribution in [2.45, 2.75) is 45.4 Å². The zero-order valence-corrected chi connectivity index (χ0v) is 22.1. The highest BCUT2D eigenvalue weighted by atomic mass is 19.1. The van der Waals surface area contributed by atoms with Crippen molar-refractivity contribution < 1.29 is 18.7 Å². The third-order valence-corrected chi connectivity index (χ3v) is 7.34. The molecule has 1 aromatic heterocycles. The first-order valence-corrected chi connectivity index (χ1v) is 13.4. The van der Waals surface area contributed by atoms with Crippen LogP contribution >= 0.6 is 0 Å². The molecule has 3 aliphatic rings. The van der Waals surface area contributed by atoms with Crippen molar-refractivity contribution in [2.24, 2.45) is 0 Å². The van der Waals surface area contributed by atoms with Gasteiger partial charge in [-0.2, -0.15) is 0 Å². The summed E-state index contributed by atoms with van der Waals surface area (Å²) < 4.78 is 19.3. The standard InChI is InChI=1S/C27H36FN7O3/c1-3-29-27(37)30-21-6-4-19(5-7-21)25-31-23-15-33(16-24(36)34-11-8-20(28)14-34)10-9-22(23)26(32-25)35-12-13-38-17-18(35)2/h4-7,18,20H,3,8-17H2,1-2H3,(H2,29,30,37)/t18-,20-/m0/s1. The fraction of sp³-hybridized carbons (Fsp3) is 0.556. The molecule has 0 bridgehead atoms. The summed E-state index contributed by atoms with van der Waals surface area (Å²) in [4.78, 5) is 40.7. The molecule has 0 saturated carbocycles. The van der Waals surface area contributed by atoms with Crippen molar-refractivity contribution in [1.29, 1.82) is 0 Å². The molecular formula is C27H36FN7O3. The quantitative estimate of drug-likeness (QED) is 0.597. The second-order valence-corrected chi connectivity index (χ2v) is 10.2. The van der Waals surface area contributed by atoms with Gasteiger partial charge in [0, 0.05) is 49.5 Å². The fourth-order valence-electron chi connectivity index (χ4n) is 5.28. The maximum Gasteiger partial charge on any atom is 0.319 e. The molecule has 2 N–H and O–H groups in total. The third kappa shape index (κ3) is 5.88. The monoisotopic (exact) mass is 525 g/mol. The summed E-state index contributed by atoms with van der Waals surface area (Å²) in [7, 11) is 0. The predicted octanol–water partition coefficient (Wildman–Crippen LogP) is 2.44. The van der Waals surface area contributed by atoms with Crippen LogP contribution in [0, 0.1) is 0 Å². The number of urea groups is 1. The second kappa shape index (κ2) is 11.6. The molecule has 10 nitrogen and oxygen atoms in total. The summed E-state index contributed by atoms with van der Waals surface area (Å²) in [5.74, 6) is 1.51. The minimum Gasteiger partial charge on any atom is -0.377 e. The van der Waals surface area contributed by atoms with Gasteiger partial charge in [0.2, 0.25) is 5.91 Å². The summed E-state index contributed by atoms with van der Waals surface area (Å²) in [5.41, 5.74) is 3.56. The van der Waals surface area contributed by atoms with Crippen LogP contribution in [0.5, 0.6) is 0 Å². The largest absolute Gasteiger partial charge is 0.377 e. The van der Waals surface area contributed by atoms with Gasteiger partial charge in [0.1, 0.15) is 12.0 Å². The Hall–Kier alpha value is -3.31. The molecule has 5 rings (SSSR count). The first-order chi connectivity index (χ1) is 18.4. The lowest BCUT2D eigenvalue weighted by atomic mass is 10.0. The molecule has 204 valence electrons. The van der Waals surface area contributed by atoms with Crippen molar-refractivity contribution in [3.05, 3.63) is 35.5 Å². The molecule has 2 atom stereocenters. The number of likely N-dealkylation sites (tertiary alicyclic amines) is 1. The number of rotatable bonds is 6. The number of carbonyl (C=O) groups excluding carboxylic acids is 2. The zero-order valence-electron chi connectivity index (χ0n) is 22.1. The van der Waals surface area contributed by atoms with Crippen molar-refractivity contribution in [2.75, 3.05) is 62.7 Å². The lowest BCUT2D eigenvalue weighted by molar-refractivity contribution is -0.131. The molecule has 2 fully saturated rings. The number of benzene rings is 1. The lowest BCUT2D eigenvalue weighted by Crippen LogP contribution is -2.46. The molecule has 38 heavy (non-hydrogen) atoms. The number of amides is 3. The summed E-state index contributed by atoms with van der Waals surface area (Å²) >= 11 is 0. The molecule has 3 amide bonds. The van der Waals surface area contributed by atoms with Crippen LogP contribution < -0.4 is 15.5 Å². The van der Waals surface area contributed by atoms with E-state index in [4.69, 9.17) is 14.7 Å². The van der Waals surface area contributed by atoms with Gasteiger partial charge in [-0.05, 0) is 51.0 Å². The smallest absolute Gasteiger partial charge is 0.319 e. The van der Waals surface area contributed by atoms with E-state index in [9.17, 15) is 14.0 Å². The van der Waals surface area contributed by atoms with E-state index in [1.54, 1.807) is 4.90 Å². The number of halogens is 1. The van der Waals surface area contributed by atoms with E-state index in [1.165, 1.54) is 0 Å². The van der Waals surface area contributed by atoms with Gasteiger partial charge < -0.3 is 25.2 Å². The Bertz CT molecular complexity index is 1160. The van der Waals surface area contributed by atoms with Gasteiger partial charge in [-0.3, -0.25) is 9.69 Å². The van der Waals surface area contributed by atoms with Crippen LogP contribution in [0.1, 0.15) is 31.5 Å². The average molecular weight is 526 g/mol. The maximum atomic E-state index is 13.6. The number of anilines is 2. The highest BCUT2D eigenvalue weighted by Crippen LogP contribution is 2.32. The van der Waals surface area contributed by atoms with Gasteiger partial charge >= 0.3 is 6.03 Å². The Morgan fingerprint density at radius 2 is 1.97 bits per heavy atom. The van der Waals surface area contributed by atoms with E-state index >= 15 is 0 Å². The first kappa shape index (κ1) is 26.3. The summed E-state index contributed by atoms with van der Waals surface area (Å²) in [6, 6.07) is 7.41. The minimum atomic E-state index is -0.919. The average Bonchev–Trinajstić information content (AvgIpc) is 3.35. The molecule has 0 spiro atoms. The molecule has 2 aromatic rings. The number of hydrogen-bond acceptors (Lipinski definition) is 7. The molecule has 4 heterocycles. The zero-order chi connectivity index (χ0) is 26.6. The highest BCUT2D eigenvalue weighted by molar-refractivity contribution is 5.89. The van der Waals surface area contributed by atoms with Gasteiger partial charge in [0.15, 0.2) is 5.82 Å². The summed E-state index contributed by atoms with van der Waals surface area (Å²) in [6.45, 7) is 8.78. The number of hydrogen-bond donors (Lipinski definition) is 2. The number of nitrogens with zero attached hydrogens (tertiary/aromatic N) is 5. The predicted molar refractivity (Wildman–Crippen MR) is 143 cm³/mol. The van der Waals surface area contributed by atoms with Crippen LogP contribution in [-0.2, 0) is 22.5 Å². The fourth-order valence-corrected chi connectivity index (χ4v) is 5.28. The molecular weight excluding hydrogens is 489 g/mol. The molecule has 0 aliphatic carbocycles. The van der Waals surface area contributed by atoms with E-state index in [-0.39, 0.29) is 31.1 Å². The Labute approximate surface area is 222 Å². The van der Waals surface area contributed by atoms with E-state index in [1.807, 2.05) is 31.2 Å². The van der Waals surface area contributed by atoms with Gasteiger partial charge in [-0.25, -0.2) is 19.2 Å². The molecule has 0 radical (unpaired) electrons. The van der Waals surface area contributed by atoms with Crippen molar-refractivity contribution >= 4 is 23.4 Å². The van der Waals surface area contributed by atoms with Gasteiger partial charge in [0.25, 0.3) is 0 Å². The van der Waals surface area contributed by atoms with E-state index in [0.717, 1.165) is 42.1 Å². The highest BCUT2D eigenvalue weighted by Gasteiger charge is 2.31. The van der Waals surface area contributed by atoms with Crippen molar-refractivity contribution in [1.82, 2.24) is 25.1 Å². The number of carbonyl (C=O) groups is 2. The van der Waals surface area contributed by atoms with E-state index in [0.29, 0.717) is 50.8 Å². The molecule has 2 saturated heterocycles. The Morgan fingerprint density at radius 1 is 1.16 bits per heavy atom. The normalized spacial score (nSPS) is 21.8. The lowest BCUT2D eigenvalue weighted by Gasteiger charge is -2.38. The van der Waals surface area contributed by atoms with Crippen molar-refractivity contribution in [3.8, 4) is 11.4 Å². The number of ether oxygens (including phenoxy) is 1. The van der Waals surface area contributed by atoms with Gasteiger partial charge in [0.05, 0.1) is 38.0 Å². The topological polar surface area (TPSA) is 103 Å². The SMILES string of the molecule is CCNC(=O)Nc1ccc(-c2nc3c(c(N4CCOC[C@@H]4C)n2)CCN(CC(=O)N2CC[C@H](F)C2)C3)cc1. The molecule has 3 aliphatic heterocycles. The van der Waals surface area contributed by atoms with Crippen LogP contribution in [0.25, 0.3) is 11.4 Å². The summed E-state index contributed by atoms with van der Waals surface area (Å²) in [5, 5.41) is 5.53. The van der Waals surface area contributed by atoms with Gasteiger partial charge in [-0.1, -0.05) is 0 Å².